The molecule has 0 unspecified atom stereocenters. The molecule has 4 heteroatoms. The average molecular weight is 369 g/mol. The molecular formula is C24H23N3O. The van der Waals surface area contributed by atoms with Crippen LogP contribution in [0.2, 0.25) is 0 Å². The van der Waals surface area contributed by atoms with E-state index >= 15 is 0 Å². The third-order valence-corrected chi connectivity index (χ3v) is 5.56. The Morgan fingerprint density at radius 2 is 1.43 bits per heavy atom. The summed E-state index contributed by atoms with van der Waals surface area (Å²) in [5.74, 6) is 0. The predicted octanol–water partition coefficient (Wildman–Crippen LogP) is 4.76. The van der Waals surface area contributed by atoms with E-state index in [2.05, 4.69) is 58.1 Å². The molecule has 0 atom stereocenters. The molecule has 1 N–H and O–H groups in total. The van der Waals surface area contributed by atoms with E-state index < -0.39 is 0 Å². The Labute approximate surface area is 164 Å². The number of hydrogen-bond donors (Lipinski definition) is 1. The van der Waals surface area contributed by atoms with E-state index in [1.807, 2.05) is 24.3 Å². The van der Waals surface area contributed by atoms with E-state index in [4.69, 9.17) is 4.98 Å². The van der Waals surface area contributed by atoms with Crippen molar-refractivity contribution in [1.82, 2.24) is 9.38 Å². The maximum absolute atomic E-state index is 9.22. The van der Waals surface area contributed by atoms with E-state index in [0.717, 1.165) is 46.7 Å². The highest BCUT2D eigenvalue weighted by Crippen LogP contribution is 2.26. The number of fused-ring (bicyclic) bond motifs is 1. The van der Waals surface area contributed by atoms with Gasteiger partial charge in [-0.1, -0.05) is 36.4 Å². The highest BCUT2D eigenvalue weighted by atomic mass is 16.3. The van der Waals surface area contributed by atoms with Gasteiger partial charge < -0.3 is 14.4 Å². The molecule has 140 valence electrons. The smallest absolute Gasteiger partial charge is 0.137 e. The zero-order valence-corrected chi connectivity index (χ0v) is 15.8. The van der Waals surface area contributed by atoms with Gasteiger partial charge in [0.1, 0.15) is 5.65 Å². The van der Waals surface area contributed by atoms with Gasteiger partial charge in [-0.05, 0) is 53.8 Å². The summed E-state index contributed by atoms with van der Waals surface area (Å²) in [6, 6.07) is 20.9. The quantitative estimate of drug-likeness (QED) is 0.564. The Hall–Kier alpha value is -3.11. The molecule has 28 heavy (non-hydrogen) atoms. The molecule has 4 nitrogen and oxygen atoms in total. The lowest BCUT2D eigenvalue weighted by Crippen LogP contribution is -2.17. The molecule has 3 heterocycles. The minimum Gasteiger partial charge on any atom is -0.392 e. The van der Waals surface area contributed by atoms with Crippen molar-refractivity contribution < 1.29 is 5.11 Å². The van der Waals surface area contributed by atoms with Crippen LogP contribution < -0.4 is 4.90 Å². The Kier molecular flexibility index (Phi) is 4.34. The number of aliphatic hydroxyl groups is 1. The van der Waals surface area contributed by atoms with Crippen LogP contribution in [0, 0.1) is 0 Å². The van der Waals surface area contributed by atoms with E-state index in [1.165, 1.54) is 18.5 Å². The zero-order valence-electron chi connectivity index (χ0n) is 15.8. The van der Waals surface area contributed by atoms with Crippen LogP contribution in [0.1, 0.15) is 18.4 Å². The summed E-state index contributed by atoms with van der Waals surface area (Å²) in [6.45, 7) is 2.40. The molecule has 1 fully saturated rings. The van der Waals surface area contributed by atoms with Crippen LogP contribution in [0.4, 0.5) is 5.69 Å². The van der Waals surface area contributed by atoms with Gasteiger partial charge in [-0.25, -0.2) is 4.98 Å². The molecule has 0 bridgehead atoms. The summed E-state index contributed by atoms with van der Waals surface area (Å²) in [4.78, 5) is 7.23. The molecular weight excluding hydrogens is 346 g/mol. The molecule has 1 aliphatic rings. The van der Waals surface area contributed by atoms with Gasteiger partial charge in [-0.15, -0.1) is 0 Å². The maximum Gasteiger partial charge on any atom is 0.137 e. The summed E-state index contributed by atoms with van der Waals surface area (Å²) >= 11 is 0. The van der Waals surface area contributed by atoms with Gasteiger partial charge in [0.25, 0.3) is 0 Å². The third kappa shape index (κ3) is 3.16. The minimum atomic E-state index is 0.0702. The molecule has 0 radical (unpaired) electrons. The van der Waals surface area contributed by atoms with Crippen LogP contribution in [-0.2, 0) is 6.61 Å². The van der Waals surface area contributed by atoms with E-state index in [1.54, 1.807) is 0 Å². The maximum atomic E-state index is 9.22. The monoisotopic (exact) mass is 369 g/mol. The van der Waals surface area contributed by atoms with Crippen LogP contribution in [-0.4, -0.2) is 27.6 Å². The summed E-state index contributed by atoms with van der Waals surface area (Å²) in [6.07, 6.45) is 6.78. The van der Waals surface area contributed by atoms with E-state index in [0.29, 0.717) is 0 Å². The Bertz CT molecular complexity index is 1090. The highest BCUT2D eigenvalue weighted by Gasteiger charge is 2.12. The lowest BCUT2D eigenvalue weighted by molar-refractivity contribution is 0.282. The normalized spacial score (nSPS) is 14.1. The molecule has 0 saturated carbocycles. The van der Waals surface area contributed by atoms with Crippen LogP contribution in [0.15, 0.2) is 73.1 Å². The molecule has 1 saturated heterocycles. The summed E-state index contributed by atoms with van der Waals surface area (Å²) in [7, 11) is 0. The first-order valence-corrected chi connectivity index (χ1v) is 9.84. The number of hydrogen-bond acceptors (Lipinski definition) is 3. The molecule has 0 aliphatic carbocycles. The molecule has 5 rings (SSSR count). The highest BCUT2D eigenvalue weighted by molar-refractivity contribution is 5.69. The fraction of sp³-hybridized carbons (Fsp3) is 0.208. The standard InChI is InChI=1S/C24H23N3O/c28-17-18-3-5-19(6-4-18)21-9-12-24-25-23(16-27(24)15-21)20-7-10-22(11-8-20)26-13-1-2-14-26/h3-12,15-16,28H,1-2,13-14,17H2. The number of nitrogens with zero attached hydrogens (tertiary/aromatic N) is 3. The van der Waals surface area contributed by atoms with Crippen molar-refractivity contribution in [2.24, 2.45) is 0 Å². The topological polar surface area (TPSA) is 40.8 Å². The third-order valence-electron chi connectivity index (χ3n) is 5.56. The Morgan fingerprint density at radius 1 is 0.750 bits per heavy atom. The van der Waals surface area contributed by atoms with Gasteiger partial charge in [0.15, 0.2) is 0 Å². The SMILES string of the molecule is OCc1ccc(-c2ccc3nc(-c4ccc(N5CCCC5)cc4)cn3c2)cc1. The second-order valence-corrected chi connectivity index (χ2v) is 7.41. The number of rotatable bonds is 4. The van der Waals surface area contributed by atoms with Crippen molar-refractivity contribution in [3.05, 3.63) is 78.6 Å². The van der Waals surface area contributed by atoms with Crippen molar-refractivity contribution >= 4 is 11.3 Å². The van der Waals surface area contributed by atoms with Crippen LogP contribution in [0.3, 0.4) is 0 Å². The summed E-state index contributed by atoms with van der Waals surface area (Å²) in [5, 5.41) is 9.22. The molecule has 1 aliphatic heterocycles. The largest absolute Gasteiger partial charge is 0.392 e. The van der Waals surface area contributed by atoms with Crippen molar-refractivity contribution in [2.75, 3.05) is 18.0 Å². The molecule has 0 amide bonds. The van der Waals surface area contributed by atoms with Gasteiger partial charge >= 0.3 is 0 Å². The van der Waals surface area contributed by atoms with E-state index in [-0.39, 0.29) is 6.61 Å². The number of aromatic nitrogens is 2. The second kappa shape index (κ2) is 7.13. The minimum absolute atomic E-state index is 0.0702. The molecule has 2 aromatic heterocycles. The molecule has 0 spiro atoms. The first-order chi connectivity index (χ1) is 13.8. The average Bonchev–Trinajstić information content (AvgIpc) is 3.43. The number of benzene rings is 2. The Morgan fingerprint density at radius 3 is 2.14 bits per heavy atom. The van der Waals surface area contributed by atoms with Crippen LogP contribution in [0.25, 0.3) is 28.0 Å². The number of pyridine rings is 1. The summed E-state index contributed by atoms with van der Waals surface area (Å²) < 4.78 is 2.08. The lowest BCUT2D eigenvalue weighted by atomic mass is 10.1. The van der Waals surface area contributed by atoms with Crippen LogP contribution >= 0.6 is 0 Å². The number of imidazole rings is 1. The van der Waals surface area contributed by atoms with Gasteiger partial charge in [0.05, 0.1) is 12.3 Å². The fourth-order valence-corrected chi connectivity index (χ4v) is 3.92. The number of anilines is 1. The first-order valence-electron chi connectivity index (χ1n) is 9.84. The predicted molar refractivity (Wildman–Crippen MR) is 113 cm³/mol. The fourth-order valence-electron chi connectivity index (χ4n) is 3.92. The summed E-state index contributed by atoms with van der Waals surface area (Å²) in [5.41, 5.74) is 7.55. The van der Waals surface area contributed by atoms with Crippen LogP contribution in [0.5, 0.6) is 0 Å². The van der Waals surface area contributed by atoms with Crippen molar-refractivity contribution in [1.29, 1.82) is 0 Å². The zero-order chi connectivity index (χ0) is 18.9. The molecule has 2 aromatic carbocycles. The lowest BCUT2D eigenvalue weighted by Gasteiger charge is -2.17. The second-order valence-electron chi connectivity index (χ2n) is 7.41. The Balaban J connectivity index is 1.44. The number of aliphatic hydroxyl groups excluding tert-OH is 1. The van der Waals surface area contributed by atoms with Gasteiger partial charge in [0, 0.05) is 36.7 Å². The first kappa shape index (κ1) is 17.0. The van der Waals surface area contributed by atoms with Gasteiger partial charge in [-0.2, -0.15) is 0 Å². The van der Waals surface area contributed by atoms with Gasteiger partial charge in [-0.3, -0.25) is 0 Å². The van der Waals surface area contributed by atoms with Crippen molar-refractivity contribution in [3.63, 3.8) is 0 Å². The molecule has 4 aromatic rings. The van der Waals surface area contributed by atoms with Gasteiger partial charge in [0.2, 0.25) is 0 Å². The van der Waals surface area contributed by atoms with Crippen molar-refractivity contribution in [3.8, 4) is 22.4 Å². The van der Waals surface area contributed by atoms with Crippen molar-refractivity contribution in [2.45, 2.75) is 19.4 Å². The van der Waals surface area contributed by atoms with E-state index in [9.17, 15) is 5.11 Å².